The minimum atomic E-state index is 0.515. The highest BCUT2D eigenvalue weighted by Gasteiger charge is 1.99. The van der Waals surface area contributed by atoms with E-state index in [0.717, 1.165) is 15.4 Å². The van der Waals surface area contributed by atoms with Gasteiger partial charge in [0.2, 0.25) is 0 Å². The maximum atomic E-state index is 5.65. The van der Waals surface area contributed by atoms with E-state index in [1.165, 1.54) is 6.33 Å². The summed E-state index contributed by atoms with van der Waals surface area (Å²) in [7, 11) is 0. The van der Waals surface area contributed by atoms with Gasteiger partial charge in [0.15, 0.2) is 0 Å². The predicted octanol–water partition coefficient (Wildman–Crippen LogP) is 1.97. The average Bonchev–Trinajstić information content (AvgIpc) is 2.07. The minimum absolute atomic E-state index is 0.515. The molecule has 4 heteroatoms. The molecule has 0 saturated heterocycles. The molecule has 1 aromatic carbocycles. The molecular weight excluding hydrogens is 218 g/mol. The molecule has 1 heterocycles. The lowest BCUT2D eigenvalue weighted by Crippen LogP contribution is -1.92. The van der Waals surface area contributed by atoms with E-state index in [2.05, 4.69) is 25.9 Å². The van der Waals surface area contributed by atoms with Gasteiger partial charge in [0.25, 0.3) is 0 Å². The predicted molar refractivity (Wildman–Crippen MR) is 51.7 cm³/mol. The quantitative estimate of drug-likeness (QED) is 0.744. The van der Waals surface area contributed by atoms with Crippen LogP contribution in [0.3, 0.4) is 0 Å². The van der Waals surface area contributed by atoms with E-state index >= 15 is 0 Å². The van der Waals surface area contributed by atoms with Crippen LogP contribution in [0.5, 0.6) is 0 Å². The molecule has 0 unspecified atom stereocenters. The van der Waals surface area contributed by atoms with E-state index in [0.29, 0.717) is 5.82 Å². The van der Waals surface area contributed by atoms with Gasteiger partial charge in [-0.3, -0.25) is 0 Å². The highest BCUT2D eigenvalue weighted by atomic mass is 79.9. The normalized spacial score (nSPS) is 10.4. The Hall–Kier alpha value is -1.16. The first-order valence-corrected chi connectivity index (χ1v) is 4.22. The number of nitrogens with zero attached hydrogens (tertiary/aromatic N) is 2. The molecule has 0 amide bonds. The van der Waals surface area contributed by atoms with E-state index < -0.39 is 0 Å². The van der Waals surface area contributed by atoms with Crippen molar-refractivity contribution >= 4 is 32.7 Å². The first-order valence-electron chi connectivity index (χ1n) is 3.43. The molecule has 0 fully saturated rings. The number of nitrogen functional groups attached to an aromatic ring is 1. The standard InChI is InChI=1S/C8H6BrN3/c9-5-1-2-7-6(3-5)8(10)12-4-11-7/h1-4H,(H2,10,11,12). The number of anilines is 1. The summed E-state index contributed by atoms with van der Waals surface area (Å²) in [5.41, 5.74) is 6.52. The van der Waals surface area contributed by atoms with Gasteiger partial charge >= 0.3 is 0 Å². The number of halogens is 1. The Morgan fingerprint density at radius 3 is 2.92 bits per heavy atom. The monoisotopic (exact) mass is 223 g/mol. The summed E-state index contributed by atoms with van der Waals surface area (Å²) < 4.78 is 0.983. The SMILES string of the molecule is Nc1ncnc2ccc(Br)cc12. The maximum absolute atomic E-state index is 5.65. The molecule has 0 aliphatic heterocycles. The third-order valence-electron chi connectivity index (χ3n) is 1.63. The van der Waals surface area contributed by atoms with Crippen LogP contribution in [0.15, 0.2) is 29.0 Å². The fourth-order valence-corrected chi connectivity index (χ4v) is 1.41. The number of nitrogens with two attached hydrogens (primary N) is 1. The third kappa shape index (κ3) is 1.14. The summed E-state index contributed by atoms with van der Waals surface area (Å²) in [4.78, 5) is 7.97. The van der Waals surface area contributed by atoms with Gasteiger partial charge in [-0.05, 0) is 18.2 Å². The Morgan fingerprint density at radius 2 is 2.08 bits per heavy atom. The van der Waals surface area contributed by atoms with Crippen LogP contribution >= 0.6 is 15.9 Å². The molecule has 0 atom stereocenters. The summed E-state index contributed by atoms with van der Waals surface area (Å²) in [6.45, 7) is 0. The minimum Gasteiger partial charge on any atom is -0.383 e. The summed E-state index contributed by atoms with van der Waals surface area (Å²) in [6.07, 6.45) is 1.46. The number of aromatic nitrogens is 2. The Balaban J connectivity index is 2.88. The Morgan fingerprint density at radius 1 is 1.25 bits per heavy atom. The fourth-order valence-electron chi connectivity index (χ4n) is 1.05. The molecule has 0 spiro atoms. The molecule has 2 N–H and O–H groups in total. The lowest BCUT2D eigenvalue weighted by Gasteiger charge is -1.99. The lowest BCUT2D eigenvalue weighted by molar-refractivity contribution is 1.23. The van der Waals surface area contributed by atoms with Gasteiger partial charge in [0.05, 0.1) is 5.52 Å². The van der Waals surface area contributed by atoms with Crippen LogP contribution in [0.1, 0.15) is 0 Å². The Kier molecular flexibility index (Phi) is 1.69. The molecule has 1 aromatic heterocycles. The van der Waals surface area contributed by atoms with Crippen molar-refractivity contribution in [1.29, 1.82) is 0 Å². The molecule has 2 aromatic rings. The van der Waals surface area contributed by atoms with Crippen molar-refractivity contribution in [2.45, 2.75) is 0 Å². The number of hydrogen-bond acceptors (Lipinski definition) is 3. The second-order valence-electron chi connectivity index (χ2n) is 2.42. The summed E-state index contributed by atoms with van der Waals surface area (Å²) in [6, 6.07) is 5.73. The van der Waals surface area contributed by atoms with E-state index in [9.17, 15) is 0 Å². The molecule has 0 aliphatic rings. The molecule has 60 valence electrons. The van der Waals surface area contributed by atoms with Crippen LogP contribution in [0, 0.1) is 0 Å². The van der Waals surface area contributed by atoms with Gasteiger partial charge in [0.1, 0.15) is 12.1 Å². The van der Waals surface area contributed by atoms with Crippen molar-refractivity contribution in [3.63, 3.8) is 0 Å². The van der Waals surface area contributed by atoms with E-state index in [1.54, 1.807) is 0 Å². The first-order chi connectivity index (χ1) is 5.77. The molecule has 0 saturated carbocycles. The van der Waals surface area contributed by atoms with Crippen LogP contribution in [0.4, 0.5) is 5.82 Å². The van der Waals surface area contributed by atoms with E-state index in [-0.39, 0.29) is 0 Å². The summed E-state index contributed by atoms with van der Waals surface area (Å²) in [5.74, 6) is 0.515. The molecule has 12 heavy (non-hydrogen) atoms. The van der Waals surface area contributed by atoms with E-state index in [4.69, 9.17) is 5.73 Å². The van der Waals surface area contributed by atoms with Gasteiger partial charge in [-0.15, -0.1) is 0 Å². The Labute approximate surface area is 77.8 Å². The van der Waals surface area contributed by atoms with Crippen LogP contribution < -0.4 is 5.73 Å². The summed E-state index contributed by atoms with van der Waals surface area (Å²) >= 11 is 3.36. The molecular formula is C8H6BrN3. The van der Waals surface area contributed by atoms with Crippen LogP contribution in [-0.2, 0) is 0 Å². The lowest BCUT2D eigenvalue weighted by atomic mass is 10.2. The van der Waals surface area contributed by atoms with Crippen LogP contribution in [-0.4, -0.2) is 9.97 Å². The van der Waals surface area contributed by atoms with Gasteiger partial charge in [0, 0.05) is 9.86 Å². The zero-order chi connectivity index (χ0) is 8.55. The molecule has 0 bridgehead atoms. The first kappa shape index (κ1) is 7.49. The van der Waals surface area contributed by atoms with Gasteiger partial charge < -0.3 is 5.73 Å². The zero-order valence-corrected chi connectivity index (χ0v) is 7.75. The zero-order valence-electron chi connectivity index (χ0n) is 6.16. The average molecular weight is 224 g/mol. The number of fused-ring (bicyclic) bond motifs is 1. The van der Waals surface area contributed by atoms with Crippen molar-refractivity contribution in [3.05, 3.63) is 29.0 Å². The van der Waals surface area contributed by atoms with E-state index in [1.807, 2.05) is 18.2 Å². The second kappa shape index (κ2) is 2.71. The second-order valence-corrected chi connectivity index (χ2v) is 3.34. The van der Waals surface area contributed by atoms with Crippen molar-refractivity contribution < 1.29 is 0 Å². The number of rotatable bonds is 0. The van der Waals surface area contributed by atoms with Gasteiger partial charge in [-0.1, -0.05) is 15.9 Å². The molecule has 3 nitrogen and oxygen atoms in total. The topological polar surface area (TPSA) is 51.8 Å². The highest BCUT2D eigenvalue weighted by molar-refractivity contribution is 9.10. The van der Waals surface area contributed by atoms with Crippen LogP contribution in [0.25, 0.3) is 10.9 Å². The third-order valence-corrected chi connectivity index (χ3v) is 2.12. The van der Waals surface area contributed by atoms with Crippen molar-refractivity contribution in [1.82, 2.24) is 9.97 Å². The van der Waals surface area contributed by atoms with Gasteiger partial charge in [-0.2, -0.15) is 0 Å². The maximum Gasteiger partial charge on any atom is 0.134 e. The smallest absolute Gasteiger partial charge is 0.134 e. The van der Waals surface area contributed by atoms with Crippen molar-refractivity contribution in [2.24, 2.45) is 0 Å². The number of hydrogen-bond donors (Lipinski definition) is 1. The van der Waals surface area contributed by atoms with Crippen molar-refractivity contribution in [3.8, 4) is 0 Å². The molecule has 0 aliphatic carbocycles. The van der Waals surface area contributed by atoms with Gasteiger partial charge in [-0.25, -0.2) is 9.97 Å². The highest BCUT2D eigenvalue weighted by Crippen LogP contribution is 2.20. The largest absolute Gasteiger partial charge is 0.383 e. The number of benzene rings is 1. The van der Waals surface area contributed by atoms with Crippen LogP contribution in [0.2, 0.25) is 0 Å². The van der Waals surface area contributed by atoms with Crippen molar-refractivity contribution in [2.75, 3.05) is 5.73 Å². The summed E-state index contributed by atoms with van der Waals surface area (Å²) in [5, 5.41) is 0.881. The Bertz CT molecular complexity index is 428. The molecule has 2 rings (SSSR count). The molecule has 0 radical (unpaired) electrons. The fraction of sp³-hybridized carbons (Fsp3) is 0.